The fraction of sp³-hybridized carbons (Fsp3) is 0.500. The Labute approximate surface area is 98.2 Å². The number of nitrogens with one attached hydrogen (secondary N) is 1. The SMILES string of the molecule is O=C(Nc1cnc(Cl)cn1)C1CCOCC1. The maximum Gasteiger partial charge on any atom is 0.228 e. The van der Waals surface area contributed by atoms with Crippen LogP contribution in [-0.2, 0) is 9.53 Å². The van der Waals surface area contributed by atoms with E-state index in [4.69, 9.17) is 16.3 Å². The van der Waals surface area contributed by atoms with Gasteiger partial charge in [-0.15, -0.1) is 0 Å². The number of carbonyl (C=O) groups excluding carboxylic acids is 1. The van der Waals surface area contributed by atoms with Crippen LogP contribution in [-0.4, -0.2) is 29.1 Å². The largest absolute Gasteiger partial charge is 0.381 e. The van der Waals surface area contributed by atoms with Gasteiger partial charge in [0, 0.05) is 19.1 Å². The van der Waals surface area contributed by atoms with E-state index in [9.17, 15) is 4.79 Å². The maximum atomic E-state index is 11.8. The van der Waals surface area contributed by atoms with Crippen LogP contribution in [0.5, 0.6) is 0 Å². The van der Waals surface area contributed by atoms with Gasteiger partial charge in [-0.1, -0.05) is 11.6 Å². The lowest BCUT2D eigenvalue weighted by Crippen LogP contribution is -2.28. The summed E-state index contributed by atoms with van der Waals surface area (Å²) in [5.41, 5.74) is 0. The van der Waals surface area contributed by atoms with Gasteiger partial charge in [-0.05, 0) is 12.8 Å². The predicted molar refractivity (Wildman–Crippen MR) is 59.2 cm³/mol. The molecule has 1 aliphatic heterocycles. The van der Waals surface area contributed by atoms with Gasteiger partial charge in [-0.25, -0.2) is 9.97 Å². The number of hydrogen-bond acceptors (Lipinski definition) is 4. The molecule has 2 heterocycles. The van der Waals surface area contributed by atoms with E-state index in [1.807, 2.05) is 0 Å². The highest BCUT2D eigenvalue weighted by Gasteiger charge is 2.21. The molecule has 16 heavy (non-hydrogen) atoms. The zero-order valence-corrected chi connectivity index (χ0v) is 9.41. The summed E-state index contributed by atoms with van der Waals surface area (Å²) < 4.78 is 5.19. The van der Waals surface area contributed by atoms with Crippen LogP contribution in [0.15, 0.2) is 12.4 Å². The van der Waals surface area contributed by atoms with Gasteiger partial charge in [0.05, 0.1) is 12.4 Å². The summed E-state index contributed by atoms with van der Waals surface area (Å²) >= 11 is 5.59. The molecule has 1 aliphatic rings. The van der Waals surface area contributed by atoms with Crippen molar-refractivity contribution < 1.29 is 9.53 Å². The van der Waals surface area contributed by atoms with Gasteiger partial charge in [0.15, 0.2) is 5.82 Å². The Kier molecular flexibility index (Phi) is 3.69. The monoisotopic (exact) mass is 241 g/mol. The van der Waals surface area contributed by atoms with Crippen LogP contribution in [0, 0.1) is 5.92 Å². The number of ether oxygens (including phenoxy) is 1. The molecule has 0 aliphatic carbocycles. The zero-order chi connectivity index (χ0) is 11.4. The summed E-state index contributed by atoms with van der Waals surface area (Å²) in [5, 5.41) is 3.02. The first-order valence-corrected chi connectivity index (χ1v) is 5.49. The summed E-state index contributed by atoms with van der Waals surface area (Å²) in [6.45, 7) is 1.29. The molecule has 0 radical (unpaired) electrons. The van der Waals surface area contributed by atoms with Crippen LogP contribution in [0.3, 0.4) is 0 Å². The molecule has 0 aromatic carbocycles. The molecule has 0 spiro atoms. The van der Waals surface area contributed by atoms with Gasteiger partial charge in [0.1, 0.15) is 5.15 Å². The second-order valence-corrected chi connectivity index (χ2v) is 3.99. The van der Waals surface area contributed by atoms with Crippen molar-refractivity contribution in [1.29, 1.82) is 0 Å². The number of nitrogens with zero attached hydrogens (tertiary/aromatic N) is 2. The molecular formula is C10H12ClN3O2. The van der Waals surface area contributed by atoms with E-state index in [0.717, 1.165) is 12.8 Å². The lowest BCUT2D eigenvalue weighted by molar-refractivity contribution is -0.122. The third-order valence-corrected chi connectivity index (χ3v) is 2.66. The Morgan fingerprint density at radius 1 is 1.38 bits per heavy atom. The summed E-state index contributed by atoms with van der Waals surface area (Å²) in [6, 6.07) is 0. The molecule has 2 rings (SSSR count). The van der Waals surface area contributed by atoms with Gasteiger partial charge < -0.3 is 10.1 Å². The Bertz CT molecular complexity index is 363. The highest BCUT2D eigenvalue weighted by molar-refractivity contribution is 6.29. The van der Waals surface area contributed by atoms with Crippen molar-refractivity contribution in [1.82, 2.24) is 9.97 Å². The minimum absolute atomic E-state index is 0.00577. The summed E-state index contributed by atoms with van der Waals surface area (Å²) in [5.74, 6) is 0.409. The molecule has 1 amide bonds. The standard InChI is InChI=1S/C10H12ClN3O2/c11-8-5-13-9(6-12-8)14-10(15)7-1-3-16-4-2-7/h5-7H,1-4H2,(H,13,14,15). The minimum Gasteiger partial charge on any atom is -0.381 e. The van der Waals surface area contributed by atoms with Gasteiger partial charge in [-0.2, -0.15) is 0 Å². The summed E-state index contributed by atoms with van der Waals surface area (Å²) in [7, 11) is 0. The number of amides is 1. The molecule has 1 saturated heterocycles. The smallest absolute Gasteiger partial charge is 0.228 e. The molecule has 5 nitrogen and oxygen atoms in total. The van der Waals surface area contributed by atoms with E-state index in [0.29, 0.717) is 24.2 Å². The topological polar surface area (TPSA) is 64.1 Å². The first-order valence-electron chi connectivity index (χ1n) is 5.12. The summed E-state index contributed by atoms with van der Waals surface area (Å²) in [6.07, 6.45) is 4.36. The first kappa shape index (κ1) is 11.3. The quantitative estimate of drug-likeness (QED) is 0.852. The van der Waals surface area contributed by atoms with Gasteiger partial charge >= 0.3 is 0 Å². The molecule has 1 aromatic rings. The molecule has 0 saturated carbocycles. The molecule has 86 valence electrons. The number of carbonyl (C=O) groups is 1. The molecule has 1 aromatic heterocycles. The Morgan fingerprint density at radius 2 is 2.12 bits per heavy atom. The zero-order valence-electron chi connectivity index (χ0n) is 8.65. The first-order chi connectivity index (χ1) is 7.75. The fourth-order valence-electron chi connectivity index (χ4n) is 1.56. The van der Waals surface area contributed by atoms with E-state index in [1.165, 1.54) is 12.4 Å². The Hall–Kier alpha value is -1.20. The fourth-order valence-corrected chi connectivity index (χ4v) is 1.66. The van der Waals surface area contributed by atoms with Crippen molar-refractivity contribution in [2.45, 2.75) is 12.8 Å². The highest BCUT2D eigenvalue weighted by atomic mass is 35.5. The third-order valence-electron chi connectivity index (χ3n) is 2.46. The molecule has 0 bridgehead atoms. The highest BCUT2D eigenvalue weighted by Crippen LogP contribution is 2.16. The molecule has 0 unspecified atom stereocenters. The minimum atomic E-state index is -0.0278. The second-order valence-electron chi connectivity index (χ2n) is 3.60. The average molecular weight is 242 g/mol. The number of rotatable bonds is 2. The maximum absolute atomic E-state index is 11.8. The lowest BCUT2D eigenvalue weighted by Gasteiger charge is -2.20. The van der Waals surface area contributed by atoms with Crippen molar-refractivity contribution in [2.75, 3.05) is 18.5 Å². The number of aromatic nitrogens is 2. The van der Waals surface area contributed by atoms with Crippen LogP contribution >= 0.6 is 11.6 Å². The second kappa shape index (κ2) is 5.23. The third kappa shape index (κ3) is 2.90. The van der Waals surface area contributed by atoms with Crippen molar-refractivity contribution in [3.8, 4) is 0 Å². The van der Waals surface area contributed by atoms with Crippen LogP contribution in [0.4, 0.5) is 5.82 Å². The van der Waals surface area contributed by atoms with Crippen LogP contribution in [0.25, 0.3) is 0 Å². The number of halogens is 1. The van der Waals surface area contributed by atoms with E-state index < -0.39 is 0 Å². The summed E-state index contributed by atoms with van der Waals surface area (Å²) in [4.78, 5) is 19.6. The van der Waals surface area contributed by atoms with E-state index in [1.54, 1.807) is 0 Å². The average Bonchev–Trinajstić information content (AvgIpc) is 2.33. The van der Waals surface area contributed by atoms with Crippen LogP contribution < -0.4 is 5.32 Å². The van der Waals surface area contributed by atoms with E-state index in [2.05, 4.69) is 15.3 Å². The van der Waals surface area contributed by atoms with Gasteiger partial charge in [0.25, 0.3) is 0 Å². The van der Waals surface area contributed by atoms with Crippen molar-refractivity contribution in [3.63, 3.8) is 0 Å². The predicted octanol–water partition coefficient (Wildman–Crippen LogP) is 1.50. The normalized spacial score (nSPS) is 17.1. The van der Waals surface area contributed by atoms with E-state index in [-0.39, 0.29) is 11.8 Å². The van der Waals surface area contributed by atoms with Gasteiger partial charge in [0.2, 0.25) is 5.91 Å². The van der Waals surface area contributed by atoms with Gasteiger partial charge in [-0.3, -0.25) is 4.79 Å². The molecule has 1 N–H and O–H groups in total. The van der Waals surface area contributed by atoms with Crippen molar-refractivity contribution >= 4 is 23.3 Å². The molecular weight excluding hydrogens is 230 g/mol. The van der Waals surface area contributed by atoms with Crippen LogP contribution in [0.1, 0.15) is 12.8 Å². The number of hydrogen-bond donors (Lipinski definition) is 1. The Morgan fingerprint density at radius 3 is 2.75 bits per heavy atom. The van der Waals surface area contributed by atoms with Crippen LogP contribution in [0.2, 0.25) is 5.15 Å². The van der Waals surface area contributed by atoms with Crippen molar-refractivity contribution in [2.24, 2.45) is 5.92 Å². The molecule has 1 fully saturated rings. The molecule has 6 heteroatoms. The molecule has 0 atom stereocenters. The number of anilines is 1. The van der Waals surface area contributed by atoms with Crippen molar-refractivity contribution in [3.05, 3.63) is 17.5 Å². The van der Waals surface area contributed by atoms with E-state index >= 15 is 0 Å². The Balaban J connectivity index is 1.93. The lowest BCUT2D eigenvalue weighted by atomic mass is 9.99.